The minimum absolute atomic E-state index is 1.01. The third kappa shape index (κ3) is 3.25. The number of hydrogen-bond acceptors (Lipinski definition) is 2. The second-order valence-electron chi connectivity index (χ2n) is 2.33. The third-order valence-electron chi connectivity index (χ3n) is 1.46. The maximum absolute atomic E-state index is 4.23. The van der Waals surface area contributed by atoms with E-state index >= 15 is 0 Å². The highest BCUT2D eigenvalue weighted by atomic mass is 14.9. The minimum atomic E-state index is 1.01. The molecule has 0 bridgehead atoms. The molecule has 1 N–H and O–H groups in total. The van der Waals surface area contributed by atoms with Crippen LogP contribution in [0.1, 0.15) is 19.3 Å². The number of nitrogens with one attached hydrogen (secondary N) is 1. The summed E-state index contributed by atoms with van der Waals surface area (Å²) < 4.78 is 0. The molecule has 9 heavy (non-hydrogen) atoms. The fourth-order valence-electron chi connectivity index (χ4n) is 0.921. The Balaban J connectivity index is 2.15. The SMILES string of the molecule is C1=NCCCNCCC1. The normalized spacial score (nSPS) is 22.2. The number of aliphatic imine (C=N–C) groups is 1. The predicted molar refractivity (Wildman–Crippen MR) is 40.1 cm³/mol. The molecule has 0 aromatic rings. The van der Waals surface area contributed by atoms with E-state index < -0.39 is 0 Å². The lowest BCUT2D eigenvalue weighted by atomic mass is 10.3. The van der Waals surface area contributed by atoms with Crippen LogP contribution in [0.25, 0.3) is 0 Å². The van der Waals surface area contributed by atoms with Crippen LogP contribution in [0.15, 0.2) is 4.99 Å². The van der Waals surface area contributed by atoms with E-state index in [-0.39, 0.29) is 0 Å². The Morgan fingerprint density at radius 1 is 1.22 bits per heavy atom. The molecule has 0 aromatic carbocycles. The summed E-state index contributed by atoms with van der Waals surface area (Å²) in [7, 11) is 0. The molecule has 1 rings (SSSR count). The van der Waals surface area contributed by atoms with Crippen LogP contribution < -0.4 is 5.32 Å². The van der Waals surface area contributed by atoms with E-state index in [1.54, 1.807) is 0 Å². The molecule has 0 saturated carbocycles. The zero-order valence-corrected chi connectivity index (χ0v) is 5.77. The van der Waals surface area contributed by atoms with Gasteiger partial charge in [-0.25, -0.2) is 0 Å². The van der Waals surface area contributed by atoms with Crippen LogP contribution in [0.5, 0.6) is 0 Å². The van der Waals surface area contributed by atoms with Crippen LogP contribution in [-0.2, 0) is 0 Å². The van der Waals surface area contributed by atoms with Crippen LogP contribution in [0.4, 0.5) is 0 Å². The van der Waals surface area contributed by atoms with Gasteiger partial charge in [-0.1, -0.05) is 0 Å². The maximum Gasteiger partial charge on any atom is 0.0397 e. The topological polar surface area (TPSA) is 24.4 Å². The molecule has 0 fully saturated rings. The quantitative estimate of drug-likeness (QED) is 0.511. The van der Waals surface area contributed by atoms with Gasteiger partial charge in [0.2, 0.25) is 0 Å². The molecule has 2 nitrogen and oxygen atoms in total. The molecule has 1 aliphatic rings. The van der Waals surface area contributed by atoms with Crippen molar-refractivity contribution in [3.8, 4) is 0 Å². The van der Waals surface area contributed by atoms with Crippen molar-refractivity contribution in [2.75, 3.05) is 19.6 Å². The van der Waals surface area contributed by atoms with Gasteiger partial charge < -0.3 is 5.32 Å². The number of nitrogens with zero attached hydrogens (tertiary/aromatic N) is 1. The van der Waals surface area contributed by atoms with Gasteiger partial charge in [-0.3, -0.25) is 4.99 Å². The van der Waals surface area contributed by atoms with Crippen molar-refractivity contribution in [2.45, 2.75) is 19.3 Å². The van der Waals surface area contributed by atoms with Gasteiger partial charge in [-0.2, -0.15) is 0 Å². The molecule has 0 spiro atoms. The van der Waals surface area contributed by atoms with E-state index in [0.29, 0.717) is 0 Å². The first-order valence-corrected chi connectivity index (χ1v) is 3.69. The molecule has 0 aromatic heterocycles. The molecule has 0 amide bonds. The zero-order chi connectivity index (χ0) is 6.36. The number of hydrogen-bond donors (Lipinski definition) is 1. The Hall–Kier alpha value is -0.370. The van der Waals surface area contributed by atoms with E-state index in [1.807, 2.05) is 6.21 Å². The monoisotopic (exact) mass is 126 g/mol. The molecule has 1 aliphatic heterocycles. The maximum atomic E-state index is 4.23. The standard InChI is InChI=1S/C7H14N2/c1-2-5-9-7-3-6-8-4-1/h4,9H,1-3,5-7H2. The first-order chi connectivity index (χ1) is 4.50. The fraction of sp³-hybridized carbons (Fsp3) is 0.857. The highest BCUT2D eigenvalue weighted by molar-refractivity contribution is 5.56. The van der Waals surface area contributed by atoms with Crippen LogP contribution in [0, 0.1) is 0 Å². The highest BCUT2D eigenvalue weighted by Gasteiger charge is 1.89. The van der Waals surface area contributed by atoms with E-state index in [0.717, 1.165) is 26.1 Å². The van der Waals surface area contributed by atoms with E-state index in [2.05, 4.69) is 10.3 Å². The van der Waals surface area contributed by atoms with Gasteiger partial charge in [0, 0.05) is 6.54 Å². The third-order valence-corrected chi connectivity index (χ3v) is 1.46. The Kier molecular flexibility index (Phi) is 3.38. The predicted octanol–water partition coefficient (Wildman–Crippen LogP) is 0.831. The molecule has 52 valence electrons. The molecular formula is C7H14N2. The van der Waals surface area contributed by atoms with Crippen molar-refractivity contribution in [1.29, 1.82) is 0 Å². The lowest BCUT2D eigenvalue weighted by Crippen LogP contribution is -2.16. The molecule has 0 atom stereocenters. The highest BCUT2D eigenvalue weighted by Crippen LogP contribution is 1.88. The van der Waals surface area contributed by atoms with Gasteiger partial charge >= 0.3 is 0 Å². The Bertz CT molecular complexity index is 78.9. The fourth-order valence-corrected chi connectivity index (χ4v) is 0.921. The lowest BCUT2D eigenvalue weighted by Gasteiger charge is -1.97. The molecular weight excluding hydrogens is 112 g/mol. The summed E-state index contributed by atoms with van der Waals surface area (Å²) in [5.74, 6) is 0. The van der Waals surface area contributed by atoms with Gasteiger partial charge in [0.05, 0.1) is 0 Å². The van der Waals surface area contributed by atoms with Crippen molar-refractivity contribution in [2.24, 2.45) is 4.99 Å². The molecule has 0 saturated heterocycles. The first-order valence-electron chi connectivity index (χ1n) is 3.69. The Labute approximate surface area is 56.4 Å². The smallest absolute Gasteiger partial charge is 0.0397 e. The molecule has 0 aliphatic carbocycles. The summed E-state index contributed by atoms with van der Waals surface area (Å²) in [6.45, 7) is 3.30. The second kappa shape index (κ2) is 4.50. The largest absolute Gasteiger partial charge is 0.317 e. The zero-order valence-electron chi connectivity index (χ0n) is 5.77. The molecule has 1 heterocycles. The van der Waals surface area contributed by atoms with Gasteiger partial charge in [0.25, 0.3) is 0 Å². The number of rotatable bonds is 0. The summed E-state index contributed by atoms with van der Waals surface area (Å²) >= 11 is 0. The summed E-state index contributed by atoms with van der Waals surface area (Å²) in [5, 5.41) is 3.35. The van der Waals surface area contributed by atoms with Crippen molar-refractivity contribution >= 4 is 6.21 Å². The Morgan fingerprint density at radius 3 is 3.11 bits per heavy atom. The summed E-state index contributed by atoms with van der Waals surface area (Å²) in [5.41, 5.74) is 0. The van der Waals surface area contributed by atoms with Gasteiger partial charge in [0.15, 0.2) is 0 Å². The van der Waals surface area contributed by atoms with Gasteiger partial charge in [-0.15, -0.1) is 0 Å². The van der Waals surface area contributed by atoms with Crippen molar-refractivity contribution < 1.29 is 0 Å². The lowest BCUT2D eigenvalue weighted by molar-refractivity contribution is 0.646. The van der Waals surface area contributed by atoms with Crippen molar-refractivity contribution in [3.05, 3.63) is 0 Å². The second-order valence-corrected chi connectivity index (χ2v) is 2.33. The van der Waals surface area contributed by atoms with E-state index in [9.17, 15) is 0 Å². The van der Waals surface area contributed by atoms with Crippen LogP contribution in [0.2, 0.25) is 0 Å². The van der Waals surface area contributed by atoms with E-state index in [4.69, 9.17) is 0 Å². The average Bonchev–Trinajstić information content (AvgIpc) is 2.00. The van der Waals surface area contributed by atoms with Gasteiger partial charge in [0.1, 0.15) is 0 Å². The Morgan fingerprint density at radius 2 is 2.11 bits per heavy atom. The summed E-state index contributed by atoms with van der Waals surface area (Å²) in [6.07, 6.45) is 5.62. The molecule has 0 unspecified atom stereocenters. The average molecular weight is 126 g/mol. The molecule has 2 heteroatoms. The molecule has 0 radical (unpaired) electrons. The minimum Gasteiger partial charge on any atom is -0.317 e. The summed E-state index contributed by atoms with van der Waals surface area (Å²) in [4.78, 5) is 4.23. The van der Waals surface area contributed by atoms with Crippen LogP contribution in [-0.4, -0.2) is 25.8 Å². The first kappa shape index (κ1) is 6.75. The van der Waals surface area contributed by atoms with Gasteiger partial charge in [-0.05, 0) is 38.6 Å². The van der Waals surface area contributed by atoms with Crippen molar-refractivity contribution in [1.82, 2.24) is 5.32 Å². The van der Waals surface area contributed by atoms with E-state index in [1.165, 1.54) is 12.8 Å². The summed E-state index contributed by atoms with van der Waals surface area (Å²) in [6, 6.07) is 0. The van der Waals surface area contributed by atoms with Crippen LogP contribution in [0.3, 0.4) is 0 Å². The van der Waals surface area contributed by atoms with Crippen molar-refractivity contribution in [3.63, 3.8) is 0 Å². The van der Waals surface area contributed by atoms with Crippen LogP contribution >= 0.6 is 0 Å².